The van der Waals surface area contributed by atoms with Crippen molar-refractivity contribution in [2.45, 2.75) is 51.1 Å². The van der Waals surface area contributed by atoms with Crippen LogP contribution in [0.5, 0.6) is 5.88 Å². The van der Waals surface area contributed by atoms with Gasteiger partial charge in [0, 0.05) is 31.2 Å². The first kappa shape index (κ1) is 17.5. The van der Waals surface area contributed by atoms with Crippen LogP contribution in [0, 0.1) is 0 Å². The van der Waals surface area contributed by atoms with Crippen molar-refractivity contribution >= 4 is 11.8 Å². The quantitative estimate of drug-likeness (QED) is 0.802. The van der Waals surface area contributed by atoms with E-state index < -0.39 is 0 Å². The Morgan fingerprint density at radius 2 is 2.08 bits per heavy atom. The summed E-state index contributed by atoms with van der Waals surface area (Å²) in [4.78, 5) is 22.6. The number of anilines is 1. The Kier molecular flexibility index (Phi) is 6.09. The van der Waals surface area contributed by atoms with E-state index in [1.54, 1.807) is 0 Å². The van der Waals surface area contributed by atoms with Crippen molar-refractivity contribution in [3.63, 3.8) is 0 Å². The van der Waals surface area contributed by atoms with Gasteiger partial charge in [0.25, 0.3) is 0 Å². The molecular weight excluding hydrogens is 318 g/mol. The maximum absolute atomic E-state index is 12.4. The Morgan fingerprint density at radius 3 is 2.80 bits per heavy atom. The second kappa shape index (κ2) is 8.69. The van der Waals surface area contributed by atoms with Crippen molar-refractivity contribution in [1.82, 2.24) is 20.2 Å². The third kappa shape index (κ3) is 5.08. The number of carbonyl (C=O) groups is 1. The minimum Gasteiger partial charge on any atom is -0.478 e. The first-order valence-corrected chi connectivity index (χ1v) is 9.16. The second-order valence-corrected chi connectivity index (χ2v) is 6.51. The third-order valence-electron chi connectivity index (χ3n) is 4.67. The topological polar surface area (TPSA) is 79.4 Å². The first-order chi connectivity index (χ1) is 12.2. The highest BCUT2D eigenvalue weighted by Gasteiger charge is 2.24. The van der Waals surface area contributed by atoms with Gasteiger partial charge in [-0.15, -0.1) is 0 Å². The summed E-state index contributed by atoms with van der Waals surface area (Å²) in [6.45, 7) is 4.03. The zero-order chi connectivity index (χ0) is 17.5. The Hall–Kier alpha value is -2.31. The van der Waals surface area contributed by atoms with Gasteiger partial charge in [-0.25, -0.2) is 14.8 Å². The fourth-order valence-electron chi connectivity index (χ4n) is 3.27. The van der Waals surface area contributed by atoms with Crippen LogP contribution >= 0.6 is 0 Å². The van der Waals surface area contributed by atoms with E-state index in [0.29, 0.717) is 18.5 Å². The SMILES string of the molecule is CCOc1cc(NC2CCN(C(=O)NC3CC=CCC3)CC2)ncn1. The zero-order valence-electron chi connectivity index (χ0n) is 14.8. The summed E-state index contributed by atoms with van der Waals surface area (Å²) in [5.74, 6) is 1.36. The van der Waals surface area contributed by atoms with Crippen LogP contribution in [-0.4, -0.2) is 52.7 Å². The van der Waals surface area contributed by atoms with Gasteiger partial charge in [0.15, 0.2) is 0 Å². The average Bonchev–Trinajstić information content (AvgIpc) is 2.64. The van der Waals surface area contributed by atoms with Crippen LogP contribution in [-0.2, 0) is 0 Å². The lowest BCUT2D eigenvalue weighted by atomic mass is 10.0. The van der Waals surface area contributed by atoms with Crippen LogP contribution in [0.25, 0.3) is 0 Å². The van der Waals surface area contributed by atoms with E-state index in [9.17, 15) is 4.79 Å². The average molecular weight is 345 g/mol. The number of nitrogens with one attached hydrogen (secondary N) is 2. The maximum Gasteiger partial charge on any atom is 0.317 e. The zero-order valence-corrected chi connectivity index (χ0v) is 14.8. The highest BCUT2D eigenvalue weighted by Crippen LogP contribution is 2.18. The second-order valence-electron chi connectivity index (χ2n) is 6.51. The molecule has 2 aliphatic rings. The van der Waals surface area contributed by atoms with Gasteiger partial charge in [-0.1, -0.05) is 12.2 Å². The highest BCUT2D eigenvalue weighted by molar-refractivity contribution is 5.74. The summed E-state index contributed by atoms with van der Waals surface area (Å²) in [5.41, 5.74) is 0. The summed E-state index contributed by atoms with van der Waals surface area (Å²) in [7, 11) is 0. The Morgan fingerprint density at radius 1 is 1.24 bits per heavy atom. The van der Waals surface area contributed by atoms with Crippen molar-refractivity contribution in [2.75, 3.05) is 25.0 Å². The molecule has 3 rings (SSSR count). The number of carbonyl (C=O) groups excluding carboxylic acids is 1. The molecular formula is C18H27N5O2. The standard InChI is InChI=1S/C18H27N5O2/c1-2-25-17-12-16(19-13-20-17)21-15-8-10-23(11-9-15)18(24)22-14-6-4-3-5-7-14/h3-4,12-15H,2,5-11H2,1H3,(H,22,24)(H,19,20,21). The van der Waals surface area contributed by atoms with Crippen molar-refractivity contribution < 1.29 is 9.53 Å². The fourth-order valence-corrected chi connectivity index (χ4v) is 3.27. The van der Waals surface area contributed by atoms with E-state index in [1.165, 1.54) is 6.33 Å². The predicted octanol–water partition coefficient (Wildman–Crippen LogP) is 2.57. The van der Waals surface area contributed by atoms with Gasteiger partial charge in [0.05, 0.1) is 6.61 Å². The van der Waals surface area contributed by atoms with E-state index in [-0.39, 0.29) is 12.1 Å². The number of amides is 2. The predicted molar refractivity (Wildman–Crippen MR) is 96.7 cm³/mol. The molecule has 0 spiro atoms. The van der Waals surface area contributed by atoms with Crippen molar-refractivity contribution in [2.24, 2.45) is 0 Å². The molecule has 1 aromatic heterocycles. The molecule has 1 atom stereocenters. The lowest BCUT2D eigenvalue weighted by Crippen LogP contribution is -2.49. The third-order valence-corrected chi connectivity index (χ3v) is 4.67. The van der Waals surface area contributed by atoms with Gasteiger partial charge < -0.3 is 20.3 Å². The van der Waals surface area contributed by atoms with Crippen LogP contribution in [0.15, 0.2) is 24.5 Å². The van der Waals surface area contributed by atoms with Crippen molar-refractivity contribution in [3.05, 3.63) is 24.5 Å². The summed E-state index contributed by atoms with van der Waals surface area (Å²) in [5, 5.41) is 6.57. The molecule has 1 aliphatic heterocycles. The molecule has 1 fully saturated rings. The monoisotopic (exact) mass is 345 g/mol. The number of hydrogen-bond donors (Lipinski definition) is 2. The van der Waals surface area contributed by atoms with Crippen LogP contribution in [0.4, 0.5) is 10.6 Å². The van der Waals surface area contributed by atoms with E-state index in [0.717, 1.165) is 51.0 Å². The first-order valence-electron chi connectivity index (χ1n) is 9.16. The largest absolute Gasteiger partial charge is 0.478 e. The number of aromatic nitrogens is 2. The molecule has 0 aromatic carbocycles. The van der Waals surface area contributed by atoms with Gasteiger partial charge >= 0.3 is 6.03 Å². The minimum absolute atomic E-state index is 0.0689. The van der Waals surface area contributed by atoms with E-state index in [2.05, 4.69) is 32.8 Å². The molecule has 1 aliphatic carbocycles. The molecule has 2 heterocycles. The lowest BCUT2D eigenvalue weighted by Gasteiger charge is -2.34. The number of piperidine rings is 1. The van der Waals surface area contributed by atoms with E-state index in [1.807, 2.05) is 17.9 Å². The number of urea groups is 1. The molecule has 0 bridgehead atoms. The molecule has 7 heteroatoms. The molecule has 1 unspecified atom stereocenters. The van der Waals surface area contributed by atoms with Crippen molar-refractivity contribution in [1.29, 1.82) is 0 Å². The van der Waals surface area contributed by atoms with E-state index >= 15 is 0 Å². The van der Waals surface area contributed by atoms with Crippen LogP contribution in [0.1, 0.15) is 39.0 Å². The summed E-state index contributed by atoms with van der Waals surface area (Å²) < 4.78 is 5.40. The molecule has 1 saturated heterocycles. The van der Waals surface area contributed by atoms with Gasteiger partial charge in [0.1, 0.15) is 12.1 Å². The van der Waals surface area contributed by atoms with Gasteiger partial charge in [0.2, 0.25) is 5.88 Å². The van der Waals surface area contributed by atoms with Gasteiger partial charge in [-0.3, -0.25) is 0 Å². The number of ether oxygens (including phenoxy) is 1. The molecule has 2 amide bonds. The molecule has 2 N–H and O–H groups in total. The highest BCUT2D eigenvalue weighted by atomic mass is 16.5. The van der Waals surface area contributed by atoms with Gasteiger partial charge in [-0.2, -0.15) is 0 Å². The van der Waals surface area contributed by atoms with Crippen molar-refractivity contribution in [3.8, 4) is 5.88 Å². The minimum atomic E-state index is 0.0689. The number of nitrogens with zero attached hydrogens (tertiary/aromatic N) is 3. The van der Waals surface area contributed by atoms with Crippen LogP contribution in [0.3, 0.4) is 0 Å². The molecule has 136 valence electrons. The molecule has 25 heavy (non-hydrogen) atoms. The van der Waals surface area contributed by atoms with Gasteiger partial charge in [-0.05, 0) is 39.0 Å². The smallest absolute Gasteiger partial charge is 0.317 e. The Balaban J connectivity index is 1.44. The lowest BCUT2D eigenvalue weighted by molar-refractivity contribution is 0.179. The number of rotatable bonds is 5. The maximum atomic E-state index is 12.4. The Bertz CT molecular complexity index is 599. The Labute approximate surface area is 148 Å². The summed E-state index contributed by atoms with van der Waals surface area (Å²) >= 11 is 0. The molecule has 0 saturated carbocycles. The normalized spacial score (nSPS) is 21.0. The number of likely N-dealkylation sites (tertiary alicyclic amines) is 1. The molecule has 1 aromatic rings. The summed E-state index contributed by atoms with van der Waals surface area (Å²) in [6, 6.07) is 2.48. The number of hydrogen-bond acceptors (Lipinski definition) is 5. The molecule has 7 nitrogen and oxygen atoms in total. The van der Waals surface area contributed by atoms with Crippen LogP contribution < -0.4 is 15.4 Å². The van der Waals surface area contributed by atoms with Crippen LogP contribution in [0.2, 0.25) is 0 Å². The fraction of sp³-hybridized carbons (Fsp3) is 0.611. The molecule has 0 radical (unpaired) electrons. The summed E-state index contributed by atoms with van der Waals surface area (Å²) in [6.07, 6.45) is 10.7. The number of allylic oxidation sites excluding steroid dienone is 1. The van der Waals surface area contributed by atoms with E-state index in [4.69, 9.17) is 4.74 Å².